The van der Waals surface area contributed by atoms with Crippen LogP contribution in [0.4, 0.5) is 26.2 Å². The van der Waals surface area contributed by atoms with Gasteiger partial charge in [0.05, 0.1) is 10.9 Å². The van der Waals surface area contributed by atoms with Crippen LogP contribution in [-0.2, 0) is 0 Å². The number of aromatic nitrogens is 5. The van der Waals surface area contributed by atoms with Crippen LogP contribution in [0.5, 0.6) is 0 Å². The van der Waals surface area contributed by atoms with E-state index in [0.29, 0.717) is 29.4 Å². The number of piperazine rings is 1. The summed E-state index contributed by atoms with van der Waals surface area (Å²) in [5.74, 6) is -1.09. The quantitative estimate of drug-likeness (QED) is 0.269. The Morgan fingerprint density at radius 3 is 2.41 bits per heavy atom. The summed E-state index contributed by atoms with van der Waals surface area (Å²) in [5, 5.41) is 4.01. The van der Waals surface area contributed by atoms with Crippen LogP contribution in [0.25, 0.3) is 33.2 Å². The Labute approximate surface area is 236 Å². The highest BCUT2D eigenvalue weighted by molar-refractivity contribution is 6.00. The molecule has 0 unspecified atom stereocenters. The number of nitrogens with one attached hydrogen (secondary N) is 2. The molecule has 1 saturated heterocycles. The van der Waals surface area contributed by atoms with Gasteiger partial charge < -0.3 is 25.5 Å². The number of H-pyrrole nitrogens is 1. The summed E-state index contributed by atoms with van der Waals surface area (Å²) in [6.07, 6.45) is 8.30. The number of imidazole rings is 1. The van der Waals surface area contributed by atoms with Crippen LogP contribution in [0.1, 0.15) is 31.7 Å². The first-order valence-electron chi connectivity index (χ1n) is 14.2. The van der Waals surface area contributed by atoms with E-state index in [1.807, 2.05) is 24.3 Å². The Morgan fingerprint density at radius 1 is 0.927 bits per heavy atom. The Morgan fingerprint density at radius 2 is 1.66 bits per heavy atom. The molecular formula is C30H33F2N9. The van der Waals surface area contributed by atoms with Gasteiger partial charge in [-0.2, -0.15) is 0 Å². The average molecular weight is 558 g/mol. The molecule has 2 aliphatic rings. The summed E-state index contributed by atoms with van der Waals surface area (Å²) in [4.78, 5) is 21.2. The van der Waals surface area contributed by atoms with Gasteiger partial charge in [0.1, 0.15) is 23.3 Å². The molecule has 1 aliphatic carbocycles. The Hall–Kier alpha value is -4.09. The van der Waals surface area contributed by atoms with Crippen molar-refractivity contribution in [3.8, 4) is 11.1 Å². The normalized spacial score (nSPS) is 20.7. The number of benzene rings is 2. The Bertz CT molecular complexity index is 1700. The minimum absolute atomic E-state index is 0.0371. The van der Waals surface area contributed by atoms with E-state index in [0.717, 1.165) is 72.9 Å². The average Bonchev–Trinajstić information content (AvgIpc) is 3.59. The van der Waals surface area contributed by atoms with Crippen molar-refractivity contribution in [2.75, 3.05) is 44.3 Å². The molecule has 3 aromatic heterocycles. The van der Waals surface area contributed by atoms with Crippen molar-refractivity contribution < 1.29 is 8.78 Å². The monoisotopic (exact) mass is 557 g/mol. The number of likely N-dealkylation sites (N-methyl/N-ethyl adjacent to an activating group) is 1. The zero-order chi connectivity index (χ0) is 28.1. The van der Waals surface area contributed by atoms with Crippen molar-refractivity contribution >= 4 is 39.5 Å². The van der Waals surface area contributed by atoms with Crippen LogP contribution in [0, 0.1) is 11.6 Å². The van der Waals surface area contributed by atoms with E-state index in [2.05, 4.69) is 52.9 Å². The minimum atomic E-state index is -0.967. The predicted molar refractivity (Wildman–Crippen MR) is 157 cm³/mol. The smallest absolute Gasteiger partial charge is 0.205 e. The van der Waals surface area contributed by atoms with Crippen molar-refractivity contribution in [3.05, 3.63) is 60.6 Å². The molecule has 2 aromatic carbocycles. The summed E-state index contributed by atoms with van der Waals surface area (Å²) < 4.78 is 30.0. The number of rotatable bonds is 5. The highest BCUT2D eigenvalue weighted by Gasteiger charge is 2.30. The molecule has 0 bridgehead atoms. The van der Waals surface area contributed by atoms with Crippen LogP contribution >= 0.6 is 0 Å². The second-order valence-electron chi connectivity index (χ2n) is 11.3. The maximum absolute atomic E-state index is 14.1. The lowest BCUT2D eigenvalue weighted by molar-refractivity contribution is 0.0828. The first-order chi connectivity index (χ1) is 19.9. The zero-order valence-corrected chi connectivity index (χ0v) is 22.9. The Kier molecular flexibility index (Phi) is 6.55. The second kappa shape index (κ2) is 10.4. The van der Waals surface area contributed by atoms with Crippen LogP contribution in [0.3, 0.4) is 0 Å². The van der Waals surface area contributed by atoms with Crippen molar-refractivity contribution in [3.63, 3.8) is 0 Å². The number of anilines is 3. The lowest BCUT2D eigenvalue weighted by atomic mass is 9.89. The number of halogens is 2. The first kappa shape index (κ1) is 25.8. The van der Waals surface area contributed by atoms with Gasteiger partial charge in [-0.1, -0.05) is 12.1 Å². The van der Waals surface area contributed by atoms with Gasteiger partial charge in [-0.15, -0.1) is 0 Å². The maximum Gasteiger partial charge on any atom is 0.205 e. The number of fused-ring (bicyclic) bond motifs is 2. The molecule has 212 valence electrons. The number of hydrogen-bond donors (Lipinski definition) is 3. The first-order valence-corrected chi connectivity index (χ1v) is 14.2. The summed E-state index contributed by atoms with van der Waals surface area (Å²) >= 11 is 0. The van der Waals surface area contributed by atoms with Gasteiger partial charge in [0, 0.05) is 55.7 Å². The summed E-state index contributed by atoms with van der Waals surface area (Å²) in [6, 6.07) is 11.4. The number of nitrogens with two attached hydrogens (primary N) is 1. The number of hydrogen-bond acceptors (Lipinski definition) is 7. The third kappa shape index (κ3) is 4.78. The summed E-state index contributed by atoms with van der Waals surface area (Å²) in [6.45, 7) is 4.60. The third-order valence-electron chi connectivity index (χ3n) is 8.76. The fraction of sp³-hybridized carbons (Fsp3) is 0.367. The van der Waals surface area contributed by atoms with Gasteiger partial charge in [-0.3, -0.25) is 4.90 Å². The molecular weight excluding hydrogens is 524 g/mol. The van der Waals surface area contributed by atoms with E-state index in [-0.39, 0.29) is 5.52 Å². The van der Waals surface area contributed by atoms with E-state index in [1.54, 1.807) is 6.33 Å². The topological polar surface area (TPSA) is 104 Å². The van der Waals surface area contributed by atoms with Gasteiger partial charge in [0.15, 0.2) is 11.6 Å². The van der Waals surface area contributed by atoms with Crippen LogP contribution < -0.4 is 11.1 Å². The van der Waals surface area contributed by atoms with Crippen LogP contribution in [0.15, 0.2) is 48.9 Å². The Balaban J connectivity index is 1.12. The zero-order valence-electron chi connectivity index (χ0n) is 22.9. The van der Waals surface area contributed by atoms with E-state index in [1.165, 1.54) is 18.9 Å². The number of aromatic amines is 1. The van der Waals surface area contributed by atoms with Gasteiger partial charge >= 0.3 is 0 Å². The molecule has 2 fully saturated rings. The molecule has 11 heteroatoms. The number of nitrogens with zero attached hydrogens (tertiary/aromatic N) is 6. The highest BCUT2D eigenvalue weighted by Crippen LogP contribution is 2.39. The third-order valence-corrected chi connectivity index (χ3v) is 8.76. The second-order valence-corrected chi connectivity index (χ2v) is 11.3. The van der Waals surface area contributed by atoms with Gasteiger partial charge in [0.25, 0.3) is 0 Å². The molecule has 0 atom stereocenters. The molecule has 0 spiro atoms. The summed E-state index contributed by atoms with van der Waals surface area (Å²) in [5.41, 5.74) is 10.4. The molecule has 9 nitrogen and oxygen atoms in total. The minimum Gasteiger partial charge on any atom is -0.383 e. The molecule has 1 saturated carbocycles. The largest absolute Gasteiger partial charge is 0.383 e. The fourth-order valence-electron chi connectivity index (χ4n) is 6.44. The van der Waals surface area contributed by atoms with Crippen LogP contribution in [0.2, 0.25) is 0 Å². The van der Waals surface area contributed by atoms with Crippen LogP contribution in [-0.4, -0.2) is 73.6 Å². The van der Waals surface area contributed by atoms with Crippen molar-refractivity contribution in [2.45, 2.75) is 37.8 Å². The van der Waals surface area contributed by atoms with Gasteiger partial charge in [0.2, 0.25) is 5.95 Å². The SMILES string of the molecule is CN1CCN(C2CCC(n3cc(-c4ccc(Nc5nc6c(F)c(F)ccc6[nH]5)cc4)c4c(N)ncnc43)CC2)CC1. The van der Waals surface area contributed by atoms with Gasteiger partial charge in [-0.25, -0.2) is 23.7 Å². The molecule has 7 rings (SSSR count). The molecule has 5 aromatic rings. The molecule has 41 heavy (non-hydrogen) atoms. The van der Waals surface area contributed by atoms with Gasteiger partial charge in [-0.05, 0) is 62.6 Å². The molecule has 0 amide bonds. The number of nitrogen functional groups attached to an aromatic ring is 1. The van der Waals surface area contributed by atoms with Crippen molar-refractivity contribution in [1.82, 2.24) is 34.3 Å². The maximum atomic E-state index is 14.1. The van der Waals surface area contributed by atoms with E-state index in [4.69, 9.17) is 5.73 Å². The molecule has 4 heterocycles. The standard InChI is InChI=1S/C30H33F2N9/c1-39-12-14-40(15-13-39)20-6-8-21(9-7-20)41-16-22(25-28(33)34-17-35-29(25)41)18-2-4-19(5-3-18)36-30-37-24-11-10-23(31)26(32)27(24)38-30/h2-5,10-11,16-17,20-21H,6-9,12-15H2,1H3,(H2,33,34,35)(H2,36,37,38). The van der Waals surface area contributed by atoms with E-state index in [9.17, 15) is 8.78 Å². The highest BCUT2D eigenvalue weighted by atomic mass is 19.2. The van der Waals surface area contributed by atoms with E-state index < -0.39 is 11.6 Å². The van der Waals surface area contributed by atoms with Crippen molar-refractivity contribution in [1.29, 1.82) is 0 Å². The fourth-order valence-corrected chi connectivity index (χ4v) is 6.44. The summed E-state index contributed by atoms with van der Waals surface area (Å²) in [7, 11) is 2.20. The predicted octanol–water partition coefficient (Wildman–Crippen LogP) is 5.31. The molecule has 1 aliphatic heterocycles. The van der Waals surface area contributed by atoms with Crippen molar-refractivity contribution in [2.24, 2.45) is 0 Å². The van der Waals surface area contributed by atoms with E-state index >= 15 is 0 Å². The molecule has 4 N–H and O–H groups in total. The lowest BCUT2D eigenvalue weighted by Crippen LogP contribution is -2.49. The molecule has 0 radical (unpaired) electrons. The lowest BCUT2D eigenvalue weighted by Gasteiger charge is -2.41.